The Kier molecular flexibility index (Phi) is 3.98. The maximum absolute atomic E-state index is 11.7. The molecule has 0 unspecified atom stereocenters. The quantitative estimate of drug-likeness (QED) is 0.687. The van der Waals surface area contributed by atoms with Gasteiger partial charge in [0.1, 0.15) is 5.01 Å². The molecule has 0 fully saturated rings. The molecule has 0 atom stereocenters. The van der Waals surface area contributed by atoms with Gasteiger partial charge in [-0.05, 0) is 36.8 Å². The number of benzene rings is 1. The molecule has 4 nitrogen and oxygen atoms in total. The number of aryl methyl sites for hydroxylation is 1. The molecule has 2 aromatic heterocycles. The summed E-state index contributed by atoms with van der Waals surface area (Å²) < 4.78 is 4.78. The molecule has 3 rings (SSSR count). The Morgan fingerprint density at radius 2 is 2.14 bits per heavy atom. The van der Waals surface area contributed by atoms with Gasteiger partial charge >= 0.3 is 5.97 Å². The third-order valence-electron chi connectivity index (χ3n) is 3.35. The van der Waals surface area contributed by atoms with E-state index in [1.807, 2.05) is 36.6 Å². The second kappa shape index (κ2) is 6.07. The van der Waals surface area contributed by atoms with Gasteiger partial charge in [0.05, 0.1) is 18.4 Å². The highest BCUT2D eigenvalue weighted by molar-refractivity contribution is 7.13. The lowest BCUT2D eigenvalue weighted by molar-refractivity contribution is 0.0601. The smallest absolute Gasteiger partial charge is 0.337 e. The third kappa shape index (κ3) is 2.76. The van der Waals surface area contributed by atoms with Gasteiger partial charge in [0.2, 0.25) is 0 Å². The van der Waals surface area contributed by atoms with Crippen LogP contribution < -0.4 is 0 Å². The molecule has 0 amide bonds. The van der Waals surface area contributed by atoms with E-state index in [0.717, 1.165) is 27.4 Å². The Bertz CT molecular complexity index is 813. The van der Waals surface area contributed by atoms with Gasteiger partial charge in [0, 0.05) is 28.9 Å². The monoisotopic (exact) mass is 310 g/mol. The maximum Gasteiger partial charge on any atom is 0.337 e. The first kappa shape index (κ1) is 14.4. The first-order valence-corrected chi connectivity index (χ1v) is 7.62. The zero-order valence-electron chi connectivity index (χ0n) is 12.2. The lowest BCUT2D eigenvalue weighted by Gasteiger charge is -2.05. The van der Waals surface area contributed by atoms with Gasteiger partial charge in [-0.25, -0.2) is 9.78 Å². The highest BCUT2D eigenvalue weighted by Crippen LogP contribution is 2.31. The lowest BCUT2D eigenvalue weighted by Crippen LogP contribution is -2.01. The van der Waals surface area contributed by atoms with Crippen LogP contribution in [0.5, 0.6) is 0 Å². The zero-order valence-corrected chi connectivity index (χ0v) is 13.1. The molecule has 5 heteroatoms. The van der Waals surface area contributed by atoms with Crippen molar-refractivity contribution in [1.29, 1.82) is 0 Å². The number of ether oxygens (including phenoxy) is 1. The number of thiazole rings is 1. The van der Waals surface area contributed by atoms with Crippen LogP contribution in [0.2, 0.25) is 0 Å². The molecule has 2 heterocycles. The van der Waals surface area contributed by atoms with Crippen LogP contribution in [0, 0.1) is 6.92 Å². The largest absolute Gasteiger partial charge is 0.465 e. The molecule has 0 spiro atoms. The van der Waals surface area contributed by atoms with E-state index in [4.69, 9.17) is 4.74 Å². The van der Waals surface area contributed by atoms with Gasteiger partial charge in [0.25, 0.3) is 0 Å². The van der Waals surface area contributed by atoms with Gasteiger partial charge in [-0.3, -0.25) is 4.98 Å². The van der Waals surface area contributed by atoms with Crippen LogP contribution in [0.3, 0.4) is 0 Å². The number of carbonyl (C=O) groups excluding carboxylic acids is 1. The van der Waals surface area contributed by atoms with E-state index in [1.54, 1.807) is 29.8 Å². The zero-order chi connectivity index (χ0) is 15.5. The molecule has 0 saturated heterocycles. The van der Waals surface area contributed by atoms with Gasteiger partial charge in [-0.1, -0.05) is 6.07 Å². The molecule has 0 bridgehead atoms. The summed E-state index contributed by atoms with van der Waals surface area (Å²) in [5.41, 5.74) is 4.41. The normalized spacial score (nSPS) is 10.5. The Balaban J connectivity index is 2.01. The number of hydrogen-bond donors (Lipinski definition) is 0. The van der Waals surface area contributed by atoms with Crippen molar-refractivity contribution in [2.24, 2.45) is 0 Å². The number of methoxy groups -OCH3 is 1. The first-order valence-electron chi connectivity index (χ1n) is 6.74. The molecule has 110 valence electrons. The number of pyridine rings is 1. The number of nitrogens with zero attached hydrogens (tertiary/aromatic N) is 2. The molecule has 0 aliphatic carbocycles. The summed E-state index contributed by atoms with van der Waals surface area (Å²) >= 11 is 1.55. The highest BCUT2D eigenvalue weighted by Gasteiger charge is 2.13. The molecule has 0 radical (unpaired) electrons. The fourth-order valence-electron chi connectivity index (χ4n) is 2.14. The fraction of sp³-hybridized carbons (Fsp3) is 0.118. The summed E-state index contributed by atoms with van der Waals surface area (Å²) in [5, 5.41) is 2.87. The summed E-state index contributed by atoms with van der Waals surface area (Å²) in [5.74, 6) is -0.342. The van der Waals surface area contributed by atoms with E-state index < -0.39 is 0 Å². The molecule has 0 N–H and O–H groups in total. The number of esters is 1. The predicted octanol–water partition coefficient (Wildman–Crippen LogP) is 3.97. The van der Waals surface area contributed by atoms with E-state index in [1.165, 1.54) is 7.11 Å². The van der Waals surface area contributed by atoms with Crippen molar-refractivity contribution in [1.82, 2.24) is 9.97 Å². The van der Waals surface area contributed by atoms with E-state index in [-0.39, 0.29) is 5.97 Å². The van der Waals surface area contributed by atoms with Crippen LogP contribution >= 0.6 is 11.3 Å². The van der Waals surface area contributed by atoms with E-state index >= 15 is 0 Å². The second-order valence-corrected chi connectivity index (χ2v) is 5.66. The Morgan fingerprint density at radius 1 is 1.27 bits per heavy atom. The molecule has 22 heavy (non-hydrogen) atoms. The van der Waals surface area contributed by atoms with Crippen molar-refractivity contribution in [3.63, 3.8) is 0 Å². The van der Waals surface area contributed by atoms with Crippen LogP contribution in [-0.2, 0) is 4.74 Å². The molecular weight excluding hydrogens is 296 g/mol. The Hall–Kier alpha value is -2.53. The van der Waals surface area contributed by atoms with Crippen LogP contribution in [-0.4, -0.2) is 23.0 Å². The minimum atomic E-state index is -0.342. The minimum absolute atomic E-state index is 0.342. The SMILES string of the molecule is COC(=O)c1ccc(C)c(-c2nc(-c3cccnc3)cs2)c1. The topological polar surface area (TPSA) is 52.1 Å². The van der Waals surface area contributed by atoms with Crippen molar-refractivity contribution < 1.29 is 9.53 Å². The minimum Gasteiger partial charge on any atom is -0.465 e. The van der Waals surface area contributed by atoms with E-state index in [0.29, 0.717) is 5.56 Å². The van der Waals surface area contributed by atoms with Crippen LogP contribution in [0.4, 0.5) is 0 Å². The van der Waals surface area contributed by atoms with Crippen LogP contribution in [0.1, 0.15) is 15.9 Å². The Labute approximate surface area is 132 Å². The summed E-state index contributed by atoms with van der Waals surface area (Å²) in [6, 6.07) is 9.36. The van der Waals surface area contributed by atoms with Crippen molar-refractivity contribution in [3.05, 3.63) is 59.2 Å². The molecule has 3 aromatic rings. The van der Waals surface area contributed by atoms with Crippen molar-refractivity contribution >= 4 is 17.3 Å². The Morgan fingerprint density at radius 3 is 2.86 bits per heavy atom. The highest BCUT2D eigenvalue weighted by atomic mass is 32.1. The summed E-state index contributed by atoms with van der Waals surface area (Å²) in [7, 11) is 1.38. The molecular formula is C17H14N2O2S. The maximum atomic E-state index is 11.7. The van der Waals surface area contributed by atoms with Gasteiger partial charge in [-0.15, -0.1) is 11.3 Å². The molecule has 0 aliphatic rings. The lowest BCUT2D eigenvalue weighted by atomic mass is 10.1. The first-order chi connectivity index (χ1) is 10.7. The summed E-state index contributed by atoms with van der Waals surface area (Å²) in [6.07, 6.45) is 3.53. The average molecular weight is 310 g/mol. The summed E-state index contributed by atoms with van der Waals surface area (Å²) in [6.45, 7) is 2.00. The number of aromatic nitrogens is 2. The van der Waals surface area contributed by atoms with Crippen LogP contribution in [0.15, 0.2) is 48.1 Å². The number of rotatable bonds is 3. The second-order valence-electron chi connectivity index (χ2n) is 4.80. The van der Waals surface area contributed by atoms with Crippen molar-refractivity contribution in [3.8, 4) is 21.8 Å². The number of hydrogen-bond acceptors (Lipinski definition) is 5. The third-order valence-corrected chi connectivity index (χ3v) is 4.23. The molecule has 1 aromatic carbocycles. The molecule has 0 saturated carbocycles. The predicted molar refractivity (Wildman–Crippen MR) is 86.9 cm³/mol. The van der Waals surface area contributed by atoms with Crippen molar-refractivity contribution in [2.45, 2.75) is 6.92 Å². The summed E-state index contributed by atoms with van der Waals surface area (Å²) in [4.78, 5) is 20.5. The van der Waals surface area contributed by atoms with E-state index in [9.17, 15) is 4.79 Å². The standard InChI is InChI=1S/C17H14N2O2S/c1-11-5-6-12(17(20)21-2)8-14(11)16-19-15(10-22-16)13-4-3-7-18-9-13/h3-10H,1-2H3. The van der Waals surface area contributed by atoms with Crippen LogP contribution in [0.25, 0.3) is 21.8 Å². The average Bonchev–Trinajstić information content (AvgIpc) is 3.05. The van der Waals surface area contributed by atoms with Gasteiger partial charge < -0.3 is 4.74 Å². The fourth-order valence-corrected chi connectivity index (χ4v) is 3.05. The van der Waals surface area contributed by atoms with Gasteiger partial charge in [0.15, 0.2) is 0 Å². The van der Waals surface area contributed by atoms with Gasteiger partial charge in [-0.2, -0.15) is 0 Å². The van der Waals surface area contributed by atoms with Crippen molar-refractivity contribution in [2.75, 3.05) is 7.11 Å². The number of carbonyl (C=O) groups is 1. The van der Waals surface area contributed by atoms with E-state index in [2.05, 4.69) is 9.97 Å². The molecule has 0 aliphatic heterocycles.